The topological polar surface area (TPSA) is 67.8 Å². The Kier molecular flexibility index (Phi) is 6.41. The van der Waals surface area contributed by atoms with E-state index in [1.165, 1.54) is 7.11 Å². The maximum atomic E-state index is 11.6. The van der Waals surface area contributed by atoms with Crippen molar-refractivity contribution in [3.8, 4) is 17.6 Å². The average Bonchev–Trinajstić information content (AvgIpc) is 2.38. The summed E-state index contributed by atoms with van der Waals surface area (Å²) >= 11 is 0. The standard InChI is InChI=1S/C15H19NO4/c1-11(2)20-15(18)16-13-10-12(6-4-5-9-17)7-8-14(13)19-3/h7-8,10-11,17H,5,9H2,1-3H3,(H,16,18). The lowest BCUT2D eigenvalue weighted by atomic mass is 10.2. The monoisotopic (exact) mass is 277 g/mol. The van der Waals surface area contributed by atoms with E-state index in [1.807, 2.05) is 0 Å². The number of amides is 1. The number of carbonyl (C=O) groups excluding carboxylic acids is 1. The molecule has 0 aliphatic carbocycles. The molecule has 1 rings (SSSR count). The molecule has 2 N–H and O–H groups in total. The lowest BCUT2D eigenvalue weighted by molar-refractivity contribution is 0.130. The molecule has 0 aliphatic heterocycles. The number of anilines is 1. The van der Waals surface area contributed by atoms with Gasteiger partial charge in [0.15, 0.2) is 0 Å². The minimum atomic E-state index is -0.543. The Morgan fingerprint density at radius 2 is 2.20 bits per heavy atom. The molecule has 1 aromatic carbocycles. The van der Waals surface area contributed by atoms with Crippen molar-refractivity contribution in [1.29, 1.82) is 0 Å². The van der Waals surface area contributed by atoms with Gasteiger partial charge in [-0.05, 0) is 32.0 Å². The Balaban J connectivity index is 2.89. The van der Waals surface area contributed by atoms with E-state index in [2.05, 4.69) is 17.2 Å². The van der Waals surface area contributed by atoms with Crippen LogP contribution in [0.1, 0.15) is 25.8 Å². The summed E-state index contributed by atoms with van der Waals surface area (Å²) in [5.74, 6) is 6.24. The Morgan fingerprint density at radius 3 is 2.80 bits per heavy atom. The van der Waals surface area contributed by atoms with Gasteiger partial charge in [-0.2, -0.15) is 0 Å². The van der Waals surface area contributed by atoms with Gasteiger partial charge in [0.1, 0.15) is 5.75 Å². The van der Waals surface area contributed by atoms with Crippen molar-refractivity contribution in [3.05, 3.63) is 23.8 Å². The normalized spacial score (nSPS) is 9.65. The van der Waals surface area contributed by atoms with Gasteiger partial charge in [0.25, 0.3) is 0 Å². The van der Waals surface area contributed by atoms with Crippen LogP contribution < -0.4 is 10.1 Å². The highest BCUT2D eigenvalue weighted by Crippen LogP contribution is 2.25. The van der Waals surface area contributed by atoms with Gasteiger partial charge < -0.3 is 14.6 Å². The number of hydrogen-bond acceptors (Lipinski definition) is 4. The summed E-state index contributed by atoms with van der Waals surface area (Å²) in [6, 6.07) is 5.20. The molecule has 0 fully saturated rings. The molecule has 0 saturated heterocycles. The fraction of sp³-hybridized carbons (Fsp3) is 0.400. The highest BCUT2D eigenvalue weighted by molar-refractivity contribution is 5.87. The maximum Gasteiger partial charge on any atom is 0.411 e. The van der Waals surface area contributed by atoms with Crippen LogP contribution in [0.25, 0.3) is 0 Å². The molecule has 108 valence electrons. The van der Waals surface area contributed by atoms with Gasteiger partial charge in [-0.15, -0.1) is 0 Å². The number of nitrogens with one attached hydrogen (secondary N) is 1. The second kappa shape index (κ2) is 8.08. The lowest BCUT2D eigenvalue weighted by Crippen LogP contribution is -2.18. The van der Waals surface area contributed by atoms with E-state index in [0.29, 0.717) is 17.9 Å². The van der Waals surface area contributed by atoms with Crippen molar-refractivity contribution in [1.82, 2.24) is 0 Å². The quantitative estimate of drug-likeness (QED) is 0.829. The van der Waals surface area contributed by atoms with Crippen LogP contribution in [-0.2, 0) is 4.74 Å². The highest BCUT2D eigenvalue weighted by Gasteiger charge is 2.10. The zero-order chi connectivity index (χ0) is 15.0. The second-order valence-electron chi connectivity index (χ2n) is 4.27. The molecule has 0 unspecified atom stereocenters. The van der Waals surface area contributed by atoms with Gasteiger partial charge in [0.2, 0.25) is 0 Å². The van der Waals surface area contributed by atoms with Crippen LogP contribution in [0.2, 0.25) is 0 Å². The van der Waals surface area contributed by atoms with Crippen molar-refractivity contribution in [2.45, 2.75) is 26.4 Å². The fourth-order valence-electron chi connectivity index (χ4n) is 1.46. The molecule has 0 saturated carbocycles. The molecule has 0 bridgehead atoms. The molecule has 0 aliphatic rings. The molecule has 0 spiro atoms. The third kappa shape index (κ3) is 5.21. The van der Waals surface area contributed by atoms with Crippen LogP contribution in [-0.4, -0.2) is 31.0 Å². The van der Waals surface area contributed by atoms with E-state index in [9.17, 15) is 4.79 Å². The van der Waals surface area contributed by atoms with E-state index < -0.39 is 6.09 Å². The van der Waals surface area contributed by atoms with Crippen LogP contribution in [0.15, 0.2) is 18.2 Å². The number of rotatable bonds is 4. The summed E-state index contributed by atoms with van der Waals surface area (Å²) in [6.07, 6.45) is -0.336. The minimum Gasteiger partial charge on any atom is -0.495 e. The largest absolute Gasteiger partial charge is 0.495 e. The number of methoxy groups -OCH3 is 1. The zero-order valence-corrected chi connectivity index (χ0v) is 11.9. The first-order chi connectivity index (χ1) is 9.56. The fourth-order valence-corrected chi connectivity index (χ4v) is 1.46. The van der Waals surface area contributed by atoms with Crippen LogP contribution >= 0.6 is 0 Å². The number of ether oxygens (including phenoxy) is 2. The smallest absolute Gasteiger partial charge is 0.411 e. The van der Waals surface area contributed by atoms with E-state index in [1.54, 1.807) is 32.0 Å². The van der Waals surface area contributed by atoms with Crippen molar-refractivity contribution >= 4 is 11.8 Å². The van der Waals surface area contributed by atoms with Gasteiger partial charge in [-0.1, -0.05) is 11.8 Å². The summed E-state index contributed by atoms with van der Waals surface area (Å²) in [7, 11) is 1.52. The van der Waals surface area contributed by atoms with Gasteiger partial charge >= 0.3 is 6.09 Å². The molecule has 1 aromatic rings. The minimum absolute atomic E-state index is 0.0228. The number of carbonyl (C=O) groups is 1. The van der Waals surface area contributed by atoms with Crippen molar-refractivity contribution < 1.29 is 19.4 Å². The number of hydrogen-bond donors (Lipinski definition) is 2. The average molecular weight is 277 g/mol. The molecule has 0 aromatic heterocycles. The summed E-state index contributed by atoms with van der Waals surface area (Å²) < 4.78 is 10.2. The maximum absolute atomic E-state index is 11.6. The van der Waals surface area contributed by atoms with Gasteiger partial charge in [0, 0.05) is 12.0 Å². The first-order valence-corrected chi connectivity index (χ1v) is 6.32. The van der Waals surface area contributed by atoms with Crippen LogP contribution in [0.5, 0.6) is 5.75 Å². The van der Waals surface area contributed by atoms with E-state index in [0.717, 1.165) is 5.56 Å². The number of aliphatic hydroxyl groups is 1. The van der Waals surface area contributed by atoms with Gasteiger partial charge in [-0.25, -0.2) is 4.79 Å². The van der Waals surface area contributed by atoms with E-state index in [-0.39, 0.29) is 12.7 Å². The molecular formula is C15H19NO4. The van der Waals surface area contributed by atoms with Gasteiger partial charge in [-0.3, -0.25) is 5.32 Å². The molecule has 1 amide bonds. The van der Waals surface area contributed by atoms with E-state index in [4.69, 9.17) is 14.6 Å². The third-order valence-corrected chi connectivity index (χ3v) is 2.25. The molecule has 0 heterocycles. The zero-order valence-electron chi connectivity index (χ0n) is 11.9. The number of benzene rings is 1. The predicted molar refractivity (Wildman–Crippen MR) is 76.8 cm³/mol. The van der Waals surface area contributed by atoms with Gasteiger partial charge in [0.05, 0.1) is 25.5 Å². The lowest BCUT2D eigenvalue weighted by Gasteiger charge is -2.12. The third-order valence-electron chi connectivity index (χ3n) is 2.25. The molecule has 0 atom stereocenters. The summed E-state index contributed by atoms with van der Waals surface area (Å²) in [6.45, 7) is 3.57. The summed E-state index contributed by atoms with van der Waals surface area (Å²) in [5, 5.41) is 11.3. The van der Waals surface area contributed by atoms with Crippen molar-refractivity contribution in [3.63, 3.8) is 0 Å². The predicted octanol–water partition coefficient (Wildman–Crippen LogP) is 2.39. The Labute approximate surface area is 118 Å². The van der Waals surface area contributed by atoms with Crippen molar-refractivity contribution in [2.75, 3.05) is 19.0 Å². The first-order valence-electron chi connectivity index (χ1n) is 6.32. The molecular weight excluding hydrogens is 258 g/mol. The van der Waals surface area contributed by atoms with Crippen LogP contribution in [0.3, 0.4) is 0 Å². The first kappa shape index (κ1) is 15.9. The molecule has 20 heavy (non-hydrogen) atoms. The SMILES string of the molecule is COc1ccc(C#CCCO)cc1NC(=O)OC(C)C. The second-order valence-corrected chi connectivity index (χ2v) is 4.27. The van der Waals surface area contributed by atoms with E-state index >= 15 is 0 Å². The molecule has 5 nitrogen and oxygen atoms in total. The Hall–Kier alpha value is -2.19. The molecule has 5 heteroatoms. The van der Waals surface area contributed by atoms with Crippen molar-refractivity contribution in [2.24, 2.45) is 0 Å². The Morgan fingerprint density at radius 1 is 1.45 bits per heavy atom. The Bertz CT molecular complexity index is 514. The van der Waals surface area contributed by atoms with Crippen LogP contribution in [0.4, 0.5) is 10.5 Å². The molecule has 0 radical (unpaired) electrons. The van der Waals surface area contributed by atoms with Crippen LogP contribution in [0, 0.1) is 11.8 Å². The highest BCUT2D eigenvalue weighted by atomic mass is 16.6. The summed E-state index contributed by atoms with van der Waals surface area (Å²) in [4.78, 5) is 11.6. The number of aliphatic hydroxyl groups excluding tert-OH is 1. The summed E-state index contributed by atoms with van der Waals surface area (Å²) in [5.41, 5.74) is 1.22.